The first kappa shape index (κ1) is 15.3. The molecule has 1 aromatic heterocycles. The second-order valence-corrected chi connectivity index (χ2v) is 4.71. The van der Waals surface area contributed by atoms with E-state index in [-0.39, 0.29) is 17.3 Å². The van der Waals surface area contributed by atoms with E-state index in [0.29, 0.717) is 5.82 Å². The van der Waals surface area contributed by atoms with Gasteiger partial charge in [0, 0.05) is 18.8 Å². The lowest BCUT2D eigenvalue weighted by atomic mass is 10.1. The van der Waals surface area contributed by atoms with Gasteiger partial charge in [-0.2, -0.15) is 0 Å². The molecule has 0 aromatic carbocycles. The van der Waals surface area contributed by atoms with Crippen molar-refractivity contribution in [2.75, 3.05) is 17.2 Å². The minimum absolute atomic E-state index is 0.120. The van der Waals surface area contributed by atoms with Gasteiger partial charge in [0.15, 0.2) is 5.82 Å². The van der Waals surface area contributed by atoms with E-state index in [0.717, 1.165) is 25.8 Å². The zero-order valence-electron chi connectivity index (χ0n) is 11.9. The average molecular weight is 265 g/mol. The Hall–Kier alpha value is -1.78. The number of carboxylic acids is 1. The molecule has 1 heterocycles. The molecule has 0 spiro atoms. The third kappa shape index (κ3) is 3.59. The van der Waals surface area contributed by atoms with Crippen molar-refractivity contribution in [2.24, 2.45) is 0 Å². The molecule has 106 valence electrons. The molecule has 1 atom stereocenters. The van der Waals surface area contributed by atoms with Crippen molar-refractivity contribution >= 4 is 17.5 Å². The Morgan fingerprint density at radius 2 is 2.21 bits per heavy atom. The molecule has 19 heavy (non-hydrogen) atoms. The number of carbonyl (C=O) groups is 1. The third-order valence-electron chi connectivity index (χ3n) is 3.35. The Balaban J connectivity index is 3.14. The fourth-order valence-corrected chi connectivity index (χ4v) is 1.96. The molecule has 0 amide bonds. The van der Waals surface area contributed by atoms with Crippen LogP contribution < -0.4 is 10.6 Å². The maximum Gasteiger partial charge on any atom is 0.337 e. The van der Waals surface area contributed by atoms with Crippen LogP contribution in [0, 0.1) is 0 Å². The number of hydrogen-bond donors (Lipinski definition) is 2. The molecular weight excluding hydrogens is 242 g/mol. The molecular formula is C14H23N3O2. The van der Waals surface area contributed by atoms with E-state index in [4.69, 9.17) is 10.8 Å². The summed E-state index contributed by atoms with van der Waals surface area (Å²) in [5.74, 6) is -0.427. The first-order valence-electron chi connectivity index (χ1n) is 6.77. The molecule has 0 bridgehead atoms. The molecule has 0 aliphatic carbocycles. The molecule has 0 fully saturated rings. The quantitative estimate of drug-likeness (QED) is 0.792. The van der Waals surface area contributed by atoms with E-state index in [1.807, 2.05) is 0 Å². The number of nitrogens with zero attached hydrogens (tertiary/aromatic N) is 2. The van der Waals surface area contributed by atoms with E-state index < -0.39 is 5.97 Å². The molecule has 0 radical (unpaired) electrons. The number of carboxylic acid groups (broad SMARTS) is 1. The number of nitrogen functional groups attached to an aromatic ring is 1. The molecule has 0 aliphatic rings. The summed E-state index contributed by atoms with van der Waals surface area (Å²) in [6.45, 7) is 7.16. The van der Waals surface area contributed by atoms with Gasteiger partial charge in [0.1, 0.15) is 0 Å². The van der Waals surface area contributed by atoms with Gasteiger partial charge in [-0.25, -0.2) is 9.78 Å². The van der Waals surface area contributed by atoms with Gasteiger partial charge in [0.25, 0.3) is 0 Å². The molecule has 1 unspecified atom stereocenters. The van der Waals surface area contributed by atoms with Crippen molar-refractivity contribution in [3.8, 4) is 0 Å². The predicted molar refractivity (Wildman–Crippen MR) is 77.6 cm³/mol. The molecule has 0 aliphatic heterocycles. The standard InChI is InChI=1S/C14H23N3O2/c1-4-6-9-17(10(3)5-2)13-12(15)11(14(18)19)7-8-16-13/h7-8,10H,4-6,9,15H2,1-3H3,(H,18,19). The number of aromatic carboxylic acids is 1. The maximum absolute atomic E-state index is 11.1. The number of rotatable bonds is 7. The normalized spacial score (nSPS) is 12.2. The van der Waals surface area contributed by atoms with Crippen molar-refractivity contribution in [3.63, 3.8) is 0 Å². The predicted octanol–water partition coefficient (Wildman–Crippen LogP) is 2.77. The number of pyridine rings is 1. The topological polar surface area (TPSA) is 79.5 Å². The van der Waals surface area contributed by atoms with Gasteiger partial charge >= 0.3 is 5.97 Å². The Morgan fingerprint density at radius 1 is 1.53 bits per heavy atom. The lowest BCUT2D eigenvalue weighted by Gasteiger charge is -2.30. The van der Waals surface area contributed by atoms with Gasteiger partial charge in [0.2, 0.25) is 0 Å². The Morgan fingerprint density at radius 3 is 2.74 bits per heavy atom. The smallest absolute Gasteiger partial charge is 0.337 e. The summed E-state index contributed by atoms with van der Waals surface area (Å²) in [6.07, 6.45) is 4.58. The van der Waals surface area contributed by atoms with Crippen molar-refractivity contribution < 1.29 is 9.90 Å². The lowest BCUT2D eigenvalue weighted by molar-refractivity contribution is 0.0698. The van der Waals surface area contributed by atoms with Crippen molar-refractivity contribution in [2.45, 2.75) is 46.1 Å². The fraction of sp³-hybridized carbons (Fsp3) is 0.571. The largest absolute Gasteiger partial charge is 0.478 e. The van der Waals surface area contributed by atoms with Crippen LogP contribution in [0.3, 0.4) is 0 Å². The number of unbranched alkanes of at least 4 members (excludes halogenated alkanes) is 1. The molecule has 1 rings (SSSR count). The molecule has 0 saturated heterocycles. The highest BCUT2D eigenvalue weighted by Crippen LogP contribution is 2.26. The van der Waals surface area contributed by atoms with Crippen molar-refractivity contribution in [1.29, 1.82) is 0 Å². The van der Waals surface area contributed by atoms with E-state index in [1.54, 1.807) is 0 Å². The maximum atomic E-state index is 11.1. The number of hydrogen-bond acceptors (Lipinski definition) is 4. The molecule has 3 N–H and O–H groups in total. The zero-order chi connectivity index (χ0) is 14.4. The summed E-state index contributed by atoms with van der Waals surface area (Å²) in [5, 5.41) is 9.12. The van der Waals surface area contributed by atoms with Crippen LogP contribution in [0.2, 0.25) is 0 Å². The number of aromatic nitrogens is 1. The van der Waals surface area contributed by atoms with Crippen LogP contribution in [-0.4, -0.2) is 28.6 Å². The minimum Gasteiger partial charge on any atom is -0.478 e. The second kappa shape index (κ2) is 6.97. The van der Waals surface area contributed by atoms with E-state index in [2.05, 4.69) is 30.7 Å². The van der Waals surface area contributed by atoms with Gasteiger partial charge in [-0.3, -0.25) is 0 Å². The van der Waals surface area contributed by atoms with Gasteiger partial charge in [0.05, 0.1) is 11.3 Å². The van der Waals surface area contributed by atoms with Crippen LogP contribution in [0.25, 0.3) is 0 Å². The van der Waals surface area contributed by atoms with E-state index >= 15 is 0 Å². The lowest BCUT2D eigenvalue weighted by Crippen LogP contribution is -2.35. The summed E-state index contributed by atoms with van der Waals surface area (Å²) in [4.78, 5) is 17.5. The zero-order valence-corrected chi connectivity index (χ0v) is 11.9. The number of nitrogens with two attached hydrogens (primary N) is 1. The summed E-state index contributed by atoms with van der Waals surface area (Å²) in [5.41, 5.74) is 6.34. The van der Waals surface area contributed by atoms with Gasteiger partial charge < -0.3 is 15.7 Å². The molecule has 5 nitrogen and oxygen atoms in total. The monoisotopic (exact) mass is 265 g/mol. The third-order valence-corrected chi connectivity index (χ3v) is 3.35. The van der Waals surface area contributed by atoms with Crippen molar-refractivity contribution in [1.82, 2.24) is 4.98 Å². The van der Waals surface area contributed by atoms with E-state index in [1.165, 1.54) is 12.3 Å². The van der Waals surface area contributed by atoms with Crippen LogP contribution in [0.4, 0.5) is 11.5 Å². The Kier molecular flexibility index (Phi) is 5.60. The number of anilines is 2. The molecule has 5 heteroatoms. The highest BCUT2D eigenvalue weighted by molar-refractivity contribution is 5.96. The minimum atomic E-state index is -1.01. The van der Waals surface area contributed by atoms with E-state index in [9.17, 15) is 4.79 Å². The van der Waals surface area contributed by atoms with Gasteiger partial charge in [-0.1, -0.05) is 20.3 Å². The first-order chi connectivity index (χ1) is 9.02. The van der Waals surface area contributed by atoms with Crippen LogP contribution in [0.15, 0.2) is 12.3 Å². The Bertz CT molecular complexity index is 435. The van der Waals surface area contributed by atoms with Gasteiger partial charge in [-0.15, -0.1) is 0 Å². The van der Waals surface area contributed by atoms with Crippen LogP contribution in [0.1, 0.15) is 50.4 Å². The molecule has 1 aromatic rings. The summed E-state index contributed by atoms with van der Waals surface area (Å²) >= 11 is 0. The van der Waals surface area contributed by atoms with Crippen LogP contribution in [0.5, 0.6) is 0 Å². The van der Waals surface area contributed by atoms with Crippen LogP contribution >= 0.6 is 0 Å². The van der Waals surface area contributed by atoms with Crippen LogP contribution in [-0.2, 0) is 0 Å². The Labute approximate surface area is 114 Å². The van der Waals surface area contributed by atoms with Crippen molar-refractivity contribution in [3.05, 3.63) is 17.8 Å². The molecule has 0 saturated carbocycles. The summed E-state index contributed by atoms with van der Waals surface area (Å²) in [7, 11) is 0. The highest BCUT2D eigenvalue weighted by Gasteiger charge is 2.20. The van der Waals surface area contributed by atoms with Gasteiger partial charge in [-0.05, 0) is 25.8 Å². The summed E-state index contributed by atoms with van der Waals surface area (Å²) < 4.78 is 0. The second-order valence-electron chi connectivity index (χ2n) is 4.71. The first-order valence-corrected chi connectivity index (χ1v) is 6.77. The average Bonchev–Trinajstić information content (AvgIpc) is 2.39. The SMILES string of the molecule is CCCCN(c1nccc(C(=O)O)c1N)C(C)CC. The fourth-order valence-electron chi connectivity index (χ4n) is 1.96. The highest BCUT2D eigenvalue weighted by atomic mass is 16.4. The summed E-state index contributed by atoms with van der Waals surface area (Å²) in [6, 6.07) is 1.72.